The van der Waals surface area contributed by atoms with Crippen molar-refractivity contribution < 1.29 is 0 Å². The minimum absolute atomic E-state index is 0.0231. The Hall–Kier alpha value is -1.10. The lowest BCUT2D eigenvalue weighted by Crippen LogP contribution is -2.36. The maximum Gasteiger partial charge on any atom is 0.189 e. The fourth-order valence-corrected chi connectivity index (χ4v) is 1.95. The predicted molar refractivity (Wildman–Crippen MR) is 65.2 cm³/mol. The molecule has 1 aromatic rings. The van der Waals surface area contributed by atoms with Gasteiger partial charge in [-0.25, -0.2) is 9.98 Å². The van der Waals surface area contributed by atoms with Gasteiger partial charge in [0.25, 0.3) is 0 Å². The van der Waals surface area contributed by atoms with Crippen molar-refractivity contribution in [2.45, 2.75) is 39.8 Å². The molecule has 0 saturated heterocycles. The Balaban J connectivity index is 2.65. The second kappa shape index (κ2) is 5.11. The van der Waals surface area contributed by atoms with Gasteiger partial charge in [-0.1, -0.05) is 0 Å². The van der Waals surface area contributed by atoms with Crippen LogP contribution in [0.15, 0.2) is 10.4 Å². The number of nitrogens with zero attached hydrogens (tertiary/aromatic N) is 2. The third kappa shape index (κ3) is 3.87. The number of thiazole rings is 1. The third-order valence-electron chi connectivity index (χ3n) is 1.76. The zero-order valence-corrected chi connectivity index (χ0v) is 10.4. The zero-order valence-electron chi connectivity index (χ0n) is 9.61. The van der Waals surface area contributed by atoms with Crippen molar-refractivity contribution in [3.63, 3.8) is 0 Å². The Labute approximate surface area is 94.6 Å². The lowest BCUT2D eigenvalue weighted by Gasteiger charge is -2.10. The molecule has 0 saturated carbocycles. The molecule has 0 radical (unpaired) electrons. The first kappa shape index (κ1) is 12.0. The van der Waals surface area contributed by atoms with E-state index in [9.17, 15) is 0 Å². The van der Waals surface area contributed by atoms with Crippen molar-refractivity contribution in [2.75, 3.05) is 0 Å². The van der Waals surface area contributed by atoms with Crippen molar-refractivity contribution in [1.29, 1.82) is 0 Å². The molecule has 0 bridgehead atoms. The fourth-order valence-electron chi connectivity index (χ4n) is 1.16. The van der Waals surface area contributed by atoms with Gasteiger partial charge < -0.3 is 11.1 Å². The van der Waals surface area contributed by atoms with Crippen molar-refractivity contribution in [2.24, 2.45) is 10.7 Å². The summed E-state index contributed by atoms with van der Waals surface area (Å²) in [6.45, 7) is 8.03. The number of nitrogens with two attached hydrogens (primary N) is 1. The van der Waals surface area contributed by atoms with E-state index < -0.39 is 0 Å². The summed E-state index contributed by atoms with van der Waals surface area (Å²) in [4.78, 5) is 8.70. The molecular weight excluding hydrogens is 208 g/mol. The SMILES string of the molecule is Cc1csc(C(C)N=C(N)NC(C)C)n1. The van der Waals surface area contributed by atoms with E-state index in [-0.39, 0.29) is 6.04 Å². The van der Waals surface area contributed by atoms with E-state index in [2.05, 4.69) is 15.3 Å². The number of guanidine groups is 1. The summed E-state index contributed by atoms with van der Waals surface area (Å²) in [5.41, 5.74) is 6.77. The maximum absolute atomic E-state index is 5.74. The molecule has 0 aromatic carbocycles. The van der Waals surface area contributed by atoms with Crippen LogP contribution >= 0.6 is 11.3 Å². The molecule has 1 atom stereocenters. The van der Waals surface area contributed by atoms with Crippen LogP contribution in [0.25, 0.3) is 0 Å². The highest BCUT2D eigenvalue weighted by Crippen LogP contribution is 2.20. The van der Waals surface area contributed by atoms with Crippen LogP contribution < -0.4 is 11.1 Å². The van der Waals surface area contributed by atoms with Gasteiger partial charge in [0.2, 0.25) is 0 Å². The van der Waals surface area contributed by atoms with Crippen molar-refractivity contribution >= 4 is 17.3 Å². The van der Waals surface area contributed by atoms with Gasteiger partial charge in [0, 0.05) is 17.1 Å². The summed E-state index contributed by atoms with van der Waals surface area (Å²) >= 11 is 1.62. The number of aliphatic imine (C=N–C) groups is 1. The molecule has 0 amide bonds. The summed E-state index contributed by atoms with van der Waals surface area (Å²) < 4.78 is 0. The smallest absolute Gasteiger partial charge is 0.189 e. The predicted octanol–water partition coefficient (Wildman–Crippen LogP) is 1.83. The molecule has 1 rings (SSSR count). The van der Waals surface area contributed by atoms with Crippen LogP contribution in [0.4, 0.5) is 0 Å². The lowest BCUT2D eigenvalue weighted by atomic mass is 10.4. The first-order valence-corrected chi connectivity index (χ1v) is 5.89. The number of aromatic nitrogens is 1. The molecule has 1 aromatic heterocycles. The van der Waals surface area contributed by atoms with Gasteiger partial charge in [0.15, 0.2) is 5.96 Å². The average Bonchev–Trinajstić information content (AvgIpc) is 2.49. The highest BCUT2D eigenvalue weighted by atomic mass is 32.1. The summed E-state index contributed by atoms with van der Waals surface area (Å²) in [6, 6.07) is 0.328. The Morgan fingerprint density at radius 2 is 2.20 bits per heavy atom. The molecule has 0 aliphatic carbocycles. The molecule has 5 heteroatoms. The summed E-state index contributed by atoms with van der Waals surface area (Å²) in [6.07, 6.45) is 0. The molecule has 1 unspecified atom stereocenters. The van der Waals surface area contributed by atoms with Crippen molar-refractivity contribution in [3.8, 4) is 0 Å². The van der Waals surface area contributed by atoms with Crippen LogP contribution in [0, 0.1) is 6.92 Å². The normalized spacial score (nSPS) is 14.3. The Bertz CT molecular complexity index is 343. The Kier molecular flexibility index (Phi) is 4.08. The molecule has 0 fully saturated rings. The van der Waals surface area contributed by atoms with Crippen LogP contribution in [-0.4, -0.2) is 17.0 Å². The quantitative estimate of drug-likeness (QED) is 0.610. The minimum Gasteiger partial charge on any atom is -0.370 e. The van der Waals surface area contributed by atoms with Crippen LogP contribution in [0.3, 0.4) is 0 Å². The van der Waals surface area contributed by atoms with E-state index in [1.807, 2.05) is 33.1 Å². The number of hydrogen-bond acceptors (Lipinski definition) is 3. The number of aryl methyl sites for hydroxylation is 1. The summed E-state index contributed by atoms with van der Waals surface area (Å²) in [5.74, 6) is 0.477. The Morgan fingerprint density at radius 1 is 1.53 bits per heavy atom. The minimum atomic E-state index is 0.0231. The van der Waals surface area contributed by atoms with E-state index in [4.69, 9.17) is 5.73 Å². The topological polar surface area (TPSA) is 63.3 Å². The molecule has 0 spiro atoms. The van der Waals surface area contributed by atoms with Crippen LogP contribution in [0.5, 0.6) is 0 Å². The van der Waals surface area contributed by atoms with Gasteiger partial charge in [-0.05, 0) is 27.7 Å². The number of rotatable bonds is 3. The monoisotopic (exact) mass is 226 g/mol. The standard InChI is InChI=1S/C10H18N4S/c1-6(2)12-10(11)14-8(4)9-13-7(3)5-15-9/h5-6,8H,1-4H3,(H3,11,12,14). The lowest BCUT2D eigenvalue weighted by molar-refractivity contribution is 0.709. The van der Waals surface area contributed by atoms with Gasteiger partial charge >= 0.3 is 0 Å². The highest BCUT2D eigenvalue weighted by Gasteiger charge is 2.08. The molecule has 0 aliphatic rings. The largest absolute Gasteiger partial charge is 0.370 e. The van der Waals surface area contributed by atoms with Gasteiger partial charge in [-0.3, -0.25) is 0 Å². The van der Waals surface area contributed by atoms with Crippen LogP contribution in [0.1, 0.15) is 37.5 Å². The first-order chi connectivity index (χ1) is 6.99. The zero-order chi connectivity index (χ0) is 11.4. The molecule has 84 valence electrons. The molecule has 4 nitrogen and oxygen atoms in total. The molecule has 15 heavy (non-hydrogen) atoms. The maximum atomic E-state index is 5.74. The molecular formula is C10H18N4S. The molecule has 0 aliphatic heterocycles. The van der Waals surface area contributed by atoms with Crippen LogP contribution in [0.2, 0.25) is 0 Å². The van der Waals surface area contributed by atoms with Crippen LogP contribution in [-0.2, 0) is 0 Å². The second-order valence-electron chi connectivity index (χ2n) is 3.82. The number of hydrogen-bond donors (Lipinski definition) is 2. The van der Waals surface area contributed by atoms with Gasteiger partial charge in [-0.2, -0.15) is 0 Å². The third-order valence-corrected chi connectivity index (χ3v) is 2.90. The highest BCUT2D eigenvalue weighted by molar-refractivity contribution is 7.09. The van der Waals surface area contributed by atoms with E-state index >= 15 is 0 Å². The second-order valence-corrected chi connectivity index (χ2v) is 4.71. The average molecular weight is 226 g/mol. The number of nitrogens with one attached hydrogen (secondary N) is 1. The van der Waals surface area contributed by atoms with Crippen molar-refractivity contribution in [1.82, 2.24) is 10.3 Å². The van der Waals surface area contributed by atoms with E-state index in [0.29, 0.717) is 12.0 Å². The summed E-state index contributed by atoms with van der Waals surface area (Å²) in [7, 11) is 0. The molecule has 3 N–H and O–H groups in total. The van der Waals surface area contributed by atoms with E-state index in [1.165, 1.54) is 0 Å². The summed E-state index contributed by atoms with van der Waals surface area (Å²) in [5, 5.41) is 6.08. The van der Waals surface area contributed by atoms with E-state index in [1.54, 1.807) is 11.3 Å². The molecule has 1 heterocycles. The van der Waals surface area contributed by atoms with Gasteiger partial charge in [-0.15, -0.1) is 11.3 Å². The van der Waals surface area contributed by atoms with Gasteiger partial charge in [0.1, 0.15) is 11.0 Å². The van der Waals surface area contributed by atoms with Gasteiger partial charge in [0.05, 0.1) is 0 Å². The Morgan fingerprint density at radius 3 is 2.67 bits per heavy atom. The van der Waals surface area contributed by atoms with E-state index in [0.717, 1.165) is 10.7 Å². The first-order valence-electron chi connectivity index (χ1n) is 5.01. The van der Waals surface area contributed by atoms with Crippen molar-refractivity contribution in [3.05, 3.63) is 16.1 Å². The fraction of sp³-hybridized carbons (Fsp3) is 0.600.